The van der Waals surface area contributed by atoms with Crippen LogP contribution in [0.5, 0.6) is 11.5 Å². The molecule has 2 rings (SSSR count). The number of hydrogen-bond acceptors (Lipinski definition) is 4. The van der Waals surface area contributed by atoms with E-state index in [2.05, 4.69) is 0 Å². The Balaban J connectivity index is 2.43. The summed E-state index contributed by atoms with van der Waals surface area (Å²) in [5.74, 6) is -0.295. The highest BCUT2D eigenvalue weighted by Crippen LogP contribution is 2.36. The molecule has 0 aliphatic carbocycles. The van der Waals surface area contributed by atoms with Gasteiger partial charge in [0, 0.05) is 11.6 Å². The van der Waals surface area contributed by atoms with Gasteiger partial charge in [-0.15, -0.1) is 0 Å². The van der Waals surface area contributed by atoms with E-state index in [1.165, 1.54) is 25.1 Å². The van der Waals surface area contributed by atoms with E-state index < -0.39 is 16.8 Å². The number of rotatable bonds is 4. The molecule has 0 bridgehead atoms. The second kappa shape index (κ2) is 6.07. The molecule has 2 aromatic carbocycles. The van der Waals surface area contributed by atoms with Crippen LogP contribution in [0.3, 0.4) is 0 Å². The zero-order valence-corrected chi connectivity index (χ0v) is 11.7. The Labute approximate surface area is 124 Å². The molecule has 0 aromatic heterocycles. The average molecular weight is 312 g/mol. The van der Waals surface area contributed by atoms with Crippen LogP contribution in [-0.2, 0) is 0 Å². The quantitative estimate of drug-likeness (QED) is 0.677. The number of benzene rings is 2. The Kier molecular flexibility index (Phi) is 4.40. The molecule has 0 radical (unpaired) electrons. The van der Waals surface area contributed by atoms with Gasteiger partial charge in [0.25, 0.3) is 5.69 Å². The zero-order valence-electron chi connectivity index (χ0n) is 10.9. The second-order valence-electron chi connectivity index (χ2n) is 4.33. The molecule has 21 heavy (non-hydrogen) atoms. The molecule has 5 nitrogen and oxygen atoms in total. The van der Waals surface area contributed by atoms with Gasteiger partial charge in [-0.2, -0.15) is 0 Å². The maximum absolute atomic E-state index is 13.2. The highest BCUT2D eigenvalue weighted by atomic mass is 35.5. The summed E-state index contributed by atoms with van der Waals surface area (Å²) in [6, 6.07) is 7.36. The highest BCUT2D eigenvalue weighted by molar-refractivity contribution is 6.32. The van der Waals surface area contributed by atoms with Crippen LogP contribution in [0.15, 0.2) is 36.4 Å². The highest BCUT2D eigenvalue weighted by Gasteiger charge is 2.15. The summed E-state index contributed by atoms with van der Waals surface area (Å²) < 4.78 is 18.7. The van der Waals surface area contributed by atoms with Crippen LogP contribution in [0.4, 0.5) is 10.1 Å². The monoisotopic (exact) mass is 311 g/mol. The van der Waals surface area contributed by atoms with Crippen molar-refractivity contribution in [1.29, 1.82) is 0 Å². The first-order valence-electron chi connectivity index (χ1n) is 5.98. The number of aliphatic hydroxyl groups is 1. The number of non-ortho nitro benzene ring substituents is 1. The first-order chi connectivity index (χ1) is 9.88. The smallest absolute Gasteiger partial charge is 0.273 e. The molecular formula is C14H11ClFNO4. The van der Waals surface area contributed by atoms with Gasteiger partial charge in [-0.1, -0.05) is 11.6 Å². The van der Waals surface area contributed by atoms with E-state index in [4.69, 9.17) is 16.3 Å². The fourth-order valence-electron chi connectivity index (χ4n) is 1.74. The number of halogens is 2. The van der Waals surface area contributed by atoms with Crippen LogP contribution >= 0.6 is 11.6 Å². The van der Waals surface area contributed by atoms with Crippen LogP contribution in [0.2, 0.25) is 5.02 Å². The van der Waals surface area contributed by atoms with Crippen LogP contribution in [0.25, 0.3) is 0 Å². The predicted molar refractivity (Wildman–Crippen MR) is 75.2 cm³/mol. The second-order valence-corrected chi connectivity index (χ2v) is 4.74. The minimum absolute atomic E-state index is 0.0550. The van der Waals surface area contributed by atoms with Crippen molar-refractivity contribution >= 4 is 17.3 Å². The summed E-state index contributed by atoms with van der Waals surface area (Å²) in [6.45, 7) is 1.46. The van der Waals surface area contributed by atoms with Crippen molar-refractivity contribution in [3.05, 3.63) is 62.9 Å². The summed E-state index contributed by atoms with van der Waals surface area (Å²) in [5.41, 5.74) is 0.0349. The van der Waals surface area contributed by atoms with Crippen molar-refractivity contribution in [2.45, 2.75) is 13.0 Å². The first kappa shape index (κ1) is 15.2. The number of hydrogen-bond donors (Lipinski definition) is 1. The van der Waals surface area contributed by atoms with Crippen molar-refractivity contribution in [2.24, 2.45) is 0 Å². The van der Waals surface area contributed by atoms with Crippen LogP contribution in [0.1, 0.15) is 18.6 Å². The van der Waals surface area contributed by atoms with Gasteiger partial charge in [0.15, 0.2) is 5.75 Å². The normalized spacial score (nSPS) is 12.0. The SMILES string of the molecule is C[C@@H](O)c1cc(F)ccc1Oc1cc([N+](=O)[O-])ccc1Cl. The van der Waals surface area contributed by atoms with Crippen molar-refractivity contribution in [1.82, 2.24) is 0 Å². The number of nitrogens with zero attached hydrogens (tertiary/aromatic N) is 1. The summed E-state index contributed by atoms with van der Waals surface area (Å²) in [4.78, 5) is 10.2. The van der Waals surface area contributed by atoms with Gasteiger partial charge in [0.1, 0.15) is 11.6 Å². The lowest BCUT2D eigenvalue weighted by Gasteiger charge is -2.14. The van der Waals surface area contributed by atoms with Crippen LogP contribution < -0.4 is 4.74 Å². The molecule has 0 saturated carbocycles. The Bertz CT molecular complexity index is 691. The number of ether oxygens (including phenoxy) is 1. The molecule has 2 aromatic rings. The largest absolute Gasteiger partial charge is 0.455 e. The molecule has 1 atom stereocenters. The Hall–Kier alpha value is -2.18. The molecule has 0 aliphatic rings. The third kappa shape index (κ3) is 3.48. The topological polar surface area (TPSA) is 72.6 Å². The summed E-state index contributed by atoms with van der Waals surface area (Å²) >= 11 is 5.93. The fraction of sp³-hybridized carbons (Fsp3) is 0.143. The lowest BCUT2D eigenvalue weighted by molar-refractivity contribution is -0.384. The lowest BCUT2D eigenvalue weighted by atomic mass is 10.1. The molecule has 7 heteroatoms. The van der Waals surface area contributed by atoms with Gasteiger partial charge < -0.3 is 9.84 Å². The zero-order chi connectivity index (χ0) is 15.6. The van der Waals surface area contributed by atoms with E-state index in [9.17, 15) is 19.6 Å². The maximum Gasteiger partial charge on any atom is 0.273 e. The third-order valence-electron chi connectivity index (χ3n) is 2.77. The van der Waals surface area contributed by atoms with Crippen molar-refractivity contribution in [2.75, 3.05) is 0 Å². The summed E-state index contributed by atoms with van der Waals surface area (Å²) in [7, 11) is 0. The number of nitro benzene ring substituents is 1. The number of aliphatic hydroxyl groups excluding tert-OH is 1. The van der Waals surface area contributed by atoms with Crippen molar-refractivity contribution in [3.63, 3.8) is 0 Å². The van der Waals surface area contributed by atoms with Gasteiger partial charge in [0.05, 0.1) is 22.1 Å². The molecule has 0 unspecified atom stereocenters. The minimum atomic E-state index is -0.965. The predicted octanol–water partition coefficient (Wildman–Crippen LogP) is 4.23. The summed E-state index contributed by atoms with van der Waals surface area (Å²) in [6.07, 6.45) is -0.965. The minimum Gasteiger partial charge on any atom is -0.455 e. The lowest BCUT2D eigenvalue weighted by Crippen LogP contribution is -1.98. The van der Waals surface area contributed by atoms with Gasteiger partial charge in [0.2, 0.25) is 0 Å². The standard InChI is InChI=1S/C14H11ClFNO4/c1-8(18)11-6-9(16)2-5-13(11)21-14-7-10(17(19)20)3-4-12(14)15/h2-8,18H,1H3/t8-/m1/s1. The van der Waals surface area contributed by atoms with Crippen LogP contribution in [0, 0.1) is 15.9 Å². The maximum atomic E-state index is 13.2. The molecule has 0 amide bonds. The molecule has 0 spiro atoms. The summed E-state index contributed by atoms with van der Waals surface area (Å²) in [5, 5.41) is 20.6. The third-order valence-corrected chi connectivity index (χ3v) is 3.08. The van der Waals surface area contributed by atoms with E-state index in [-0.39, 0.29) is 27.8 Å². The first-order valence-corrected chi connectivity index (χ1v) is 6.35. The van der Waals surface area contributed by atoms with Gasteiger partial charge in [-0.3, -0.25) is 10.1 Å². The average Bonchev–Trinajstić information content (AvgIpc) is 2.42. The number of nitro groups is 1. The molecular weight excluding hydrogens is 301 g/mol. The Morgan fingerprint density at radius 3 is 2.62 bits per heavy atom. The van der Waals surface area contributed by atoms with E-state index in [0.29, 0.717) is 0 Å². The molecule has 0 fully saturated rings. The van der Waals surface area contributed by atoms with Crippen LogP contribution in [-0.4, -0.2) is 10.0 Å². The van der Waals surface area contributed by atoms with E-state index in [1.54, 1.807) is 0 Å². The Morgan fingerprint density at radius 1 is 1.29 bits per heavy atom. The molecule has 0 aliphatic heterocycles. The van der Waals surface area contributed by atoms with E-state index in [1.807, 2.05) is 0 Å². The molecule has 0 heterocycles. The Morgan fingerprint density at radius 2 is 2.00 bits per heavy atom. The van der Waals surface area contributed by atoms with Crippen molar-refractivity contribution in [3.8, 4) is 11.5 Å². The van der Waals surface area contributed by atoms with Crippen molar-refractivity contribution < 1.29 is 19.2 Å². The van der Waals surface area contributed by atoms with Gasteiger partial charge in [-0.25, -0.2) is 4.39 Å². The fourth-order valence-corrected chi connectivity index (χ4v) is 1.90. The molecule has 1 N–H and O–H groups in total. The molecule has 110 valence electrons. The van der Waals surface area contributed by atoms with E-state index in [0.717, 1.165) is 18.2 Å². The van der Waals surface area contributed by atoms with Gasteiger partial charge >= 0.3 is 0 Å². The van der Waals surface area contributed by atoms with E-state index >= 15 is 0 Å². The van der Waals surface area contributed by atoms with Gasteiger partial charge in [-0.05, 0) is 31.2 Å². The molecule has 0 saturated heterocycles.